The van der Waals surface area contributed by atoms with Crippen LogP contribution in [0, 0.1) is 12.7 Å². The summed E-state index contributed by atoms with van der Waals surface area (Å²) in [4.78, 5) is 24.3. The molecular weight excluding hydrogens is 353 g/mol. The lowest BCUT2D eigenvalue weighted by atomic mass is 10.1. The van der Waals surface area contributed by atoms with Crippen LogP contribution in [0.5, 0.6) is 5.75 Å². The Hall–Kier alpha value is -2.18. The van der Waals surface area contributed by atoms with Gasteiger partial charge in [0.05, 0.1) is 21.8 Å². The lowest BCUT2D eigenvalue weighted by molar-refractivity contribution is -0.107. The number of hydrogen-bond acceptors (Lipinski definition) is 4. The first-order chi connectivity index (χ1) is 11.5. The molecule has 0 atom stereocenters. The Labute approximate surface area is 146 Å². The number of hydrogen-bond donors (Lipinski definition) is 0. The molecule has 0 aliphatic carbocycles. The number of methoxy groups -OCH3 is 1. The van der Waals surface area contributed by atoms with E-state index in [9.17, 15) is 14.0 Å². The van der Waals surface area contributed by atoms with Gasteiger partial charge in [-0.25, -0.2) is 4.39 Å². The largest absolute Gasteiger partial charge is 0.494 e. The van der Waals surface area contributed by atoms with Gasteiger partial charge in [0.1, 0.15) is 6.29 Å². The minimum Gasteiger partial charge on any atom is -0.494 e. The van der Waals surface area contributed by atoms with E-state index in [0.717, 1.165) is 17.6 Å². The molecule has 2 aromatic heterocycles. The van der Waals surface area contributed by atoms with E-state index in [4.69, 9.17) is 16.3 Å². The van der Waals surface area contributed by atoms with E-state index >= 15 is 0 Å². The van der Waals surface area contributed by atoms with Crippen LogP contribution in [0.25, 0.3) is 10.9 Å². The van der Waals surface area contributed by atoms with Crippen LogP contribution in [0.15, 0.2) is 24.3 Å². The fourth-order valence-corrected chi connectivity index (χ4v) is 3.75. The van der Waals surface area contributed by atoms with Crippen molar-refractivity contribution in [2.24, 2.45) is 0 Å². The highest BCUT2D eigenvalue weighted by molar-refractivity contribution is 7.18. The molecule has 0 N–H and O–H groups in total. The van der Waals surface area contributed by atoms with Crippen molar-refractivity contribution in [2.75, 3.05) is 7.11 Å². The molecule has 0 spiro atoms. The Bertz CT molecular complexity index is 961. The number of benzene rings is 1. The fourth-order valence-electron chi connectivity index (χ4n) is 2.78. The van der Waals surface area contributed by atoms with E-state index in [1.54, 1.807) is 19.1 Å². The minimum atomic E-state index is -0.571. The van der Waals surface area contributed by atoms with Gasteiger partial charge in [-0.15, -0.1) is 11.3 Å². The molecule has 0 unspecified atom stereocenters. The molecule has 3 rings (SSSR count). The molecule has 0 radical (unpaired) electrons. The first kappa shape index (κ1) is 16.7. The summed E-state index contributed by atoms with van der Waals surface area (Å²) in [7, 11) is 1.37. The molecule has 2 heterocycles. The Balaban J connectivity index is 2.30. The fraction of sp³-hybridized carbons (Fsp3) is 0.176. The molecule has 0 fully saturated rings. The highest BCUT2D eigenvalue weighted by atomic mass is 35.5. The summed E-state index contributed by atoms with van der Waals surface area (Å²) in [5.41, 5.74) is 1.67. The van der Waals surface area contributed by atoms with E-state index in [1.807, 2.05) is 0 Å². The van der Waals surface area contributed by atoms with Crippen LogP contribution in [0.4, 0.5) is 4.39 Å². The summed E-state index contributed by atoms with van der Waals surface area (Å²) in [5.74, 6) is -0.812. The van der Waals surface area contributed by atoms with Crippen molar-refractivity contribution in [3.8, 4) is 5.75 Å². The predicted octanol–water partition coefficient (Wildman–Crippen LogP) is 4.24. The van der Waals surface area contributed by atoms with Crippen molar-refractivity contribution < 1.29 is 18.7 Å². The third-order valence-corrected chi connectivity index (χ3v) is 5.10. The maximum atomic E-state index is 14.2. The summed E-state index contributed by atoms with van der Waals surface area (Å²) in [6, 6.07) is 6.03. The number of halogens is 2. The second-order valence-corrected chi connectivity index (χ2v) is 6.90. The maximum absolute atomic E-state index is 14.2. The van der Waals surface area contributed by atoms with Crippen LogP contribution in [-0.4, -0.2) is 23.9 Å². The van der Waals surface area contributed by atoms with Crippen LogP contribution < -0.4 is 4.74 Å². The van der Waals surface area contributed by atoms with Crippen molar-refractivity contribution in [3.05, 3.63) is 50.6 Å². The zero-order valence-corrected chi connectivity index (χ0v) is 14.5. The second-order valence-electron chi connectivity index (χ2n) is 5.18. The molecule has 0 aliphatic rings. The Morgan fingerprint density at radius 1 is 1.42 bits per heavy atom. The number of aromatic nitrogens is 1. The lowest BCUT2D eigenvalue weighted by Crippen LogP contribution is -2.12. The number of ether oxygens (including phenoxy) is 1. The highest BCUT2D eigenvalue weighted by Gasteiger charge is 2.22. The van der Waals surface area contributed by atoms with Gasteiger partial charge in [0.2, 0.25) is 0 Å². The maximum Gasteiger partial charge on any atom is 0.272 e. The molecule has 7 heteroatoms. The molecule has 0 bridgehead atoms. The summed E-state index contributed by atoms with van der Waals surface area (Å²) >= 11 is 7.05. The topological polar surface area (TPSA) is 48.3 Å². The average Bonchev–Trinajstić information content (AvgIpc) is 3.09. The summed E-state index contributed by atoms with van der Waals surface area (Å²) in [5, 5.41) is 0.619. The van der Waals surface area contributed by atoms with Gasteiger partial charge in [-0.2, -0.15) is 0 Å². The smallest absolute Gasteiger partial charge is 0.272 e. The lowest BCUT2D eigenvalue weighted by Gasteiger charge is -2.06. The van der Waals surface area contributed by atoms with Crippen LogP contribution in [0.1, 0.15) is 20.9 Å². The summed E-state index contributed by atoms with van der Waals surface area (Å²) < 4.78 is 21.1. The standard InChI is InChI=1S/C17H13ClFNO3S/c1-9-10(5-6-21)11-7-14(23-2)12(19)8-13(11)20(9)17(22)15-3-4-16(18)24-15/h3-4,6-8H,5H2,1-2H3. The number of carbonyl (C=O) groups is 2. The SMILES string of the molecule is COc1cc2c(CC=O)c(C)n(C(=O)c3ccc(Cl)s3)c2cc1F. The van der Waals surface area contributed by atoms with Gasteiger partial charge < -0.3 is 9.53 Å². The van der Waals surface area contributed by atoms with Gasteiger partial charge in [-0.1, -0.05) is 11.6 Å². The van der Waals surface area contributed by atoms with Crippen molar-refractivity contribution in [1.29, 1.82) is 0 Å². The van der Waals surface area contributed by atoms with Crippen LogP contribution in [0.2, 0.25) is 4.34 Å². The number of nitrogens with zero attached hydrogens (tertiary/aromatic N) is 1. The Morgan fingerprint density at radius 2 is 2.17 bits per heavy atom. The van der Waals surface area contributed by atoms with E-state index in [1.165, 1.54) is 23.8 Å². The number of carbonyl (C=O) groups excluding carboxylic acids is 2. The van der Waals surface area contributed by atoms with Crippen LogP contribution in [0.3, 0.4) is 0 Å². The molecule has 24 heavy (non-hydrogen) atoms. The van der Waals surface area contributed by atoms with Gasteiger partial charge in [-0.05, 0) is 30.7 Å². The van der Waals surface area contributed by atoms with E-state index < -0.39 is 5.82 Å². The molecule has 4 nitrogen and oxygen atoms in total. The molecular formula is C17H13ClFNO3S. The van der Waals surface area contributed by atoms with Crippen LogP contribution in [-0.2, 0) is 11.2 Å². The van der Waals surface area contributed by atoms with E-state index in [0.29, 0.717) is 31.4 Å². The third kappa shape index (κ3) is 2.61. The van der Waals surface area contributed by atoms with Crippen molar-refractivity contribution in [2.45, 2.75) is 13.3 Å². The third-order valence-electron chi connectivity index (χ3n) is 3.88. The van der Waals surface area contributed by atoms with Gasteiger partial charge in [0.25, 0.3) is 5.91 Å². The zero-order valence-electron chi connectivity index (χ0n) is 12.9. The molecule has 0 amide bonds. The highest BCUT2D eigenvalue weighted by Crippen LogP contribution is 2.33. The predicted molar refractivity (Wildman–Crippen MR) is 92.0 cm³/mol. The number of thiophene rings is 1. The average molecular weight is 366 g/mol. The number of fused-ring (bicyclic) bond motifs is 1. The quantitative estimate of drug-likeness (QED) is 0.650. The monoisotopic (exact) mass is 365 g/mol. The first-order valence-electron chi connectivity index (χ1n) is 7.09. The Kier molecular flexibility index (Phi) is 4.43. The normalized spacial score (nSPS) is 11.0. The van der Waals surface area contributed by atoms with Gasteiger partial charge in [0.15, 0.2) is 11.6 Å². The Morgan fingerprint density at radius 3 is 2.75 bits per heavy atom. The van der Waals surface area contributed by atoms with Crippen molar-refractivity contribution in [3.63, 3.8) is 0 Å². The molecule has 3 aromatic rings. The van der Waals surface area contributed by atoms with Gasteiger partial charge >= 0.3 is 0 Å². The zero-order chi connectivity index (χ0) is 17.4. The summed E-state index contributed by atoms with van der Waals surface area (Å²) in [6.07, 6.45) is 0.886. The van der Waals surface area contributed by atoms with Crippen molar-refractivity contribution >= 4 is 46.0 Å². The number of rotatable bonds is 4. The van der Waals surface area contributed by atoms with Gasteiger partial charge in [0, 0.05) is 23.6 Å². The first-order valence-corrected chi connectivity index (χ1v) is 8.28. The minimum absolute atomic E-state index is 0.0680. The summed E-state index contributed by atoms with van der Waals surface area (Å²) in [6.45, 7) is 1.73. The molecule has 0 aliphatic heterocycles. The van der Waals surface area contributed by atoms with Gasteiger partial charge in [-0.3, -0.25) is 9.36 Å². The van der Waals surface area contributed by atoms with E-state index in [2.05, 4.69) is 0 Å². The van der Waals surface area contributed by atoms with Crippen molar-refractivity contribution in [1.82, 2.24) is 4.57 Å². The molecule has 1 aromatic carbocycles. The molecule has 0 saturated heterocycles. The number of aldehydes is 1. The second kappa shape index (κ2) is 6.37. The van der Waals surface area contributed by atoms with E-state index in [-0.39, 0.29) is 18.1 Å². The van der Waals surface area contributed by atoms with Crippen LogP contribution >= 0.6 is 22.9 Å². The molecule has 0 saturated carbocycles. The molecule has 124 valence electrons.